The van der Waals surface area contributed by atoms with E-state index in [4.69, 9.17) is 15.2 Å². The van der Waals surface area contributed by atoms with Crippen LogP contribution in [0.5, 0.6) is 11.5 Å². The third-order valence-corrected chi connectivity index (χ3v) is 4.45. The molecule has 3 rings (SSSR count). The van der Waals surface area contributed by atoms with Gasteiger partial charge in [0.15, 0.2) is 11.5 Å². The highest BCUT2D eigenvalue weighted by Gasteiger charge is 2.25. The van der Waals surface area contributed by atoms with Crippen molar-refractivity contribution in [2.24, 2.45) is 17.6 Å². The number of benzene rings is 1. The lowest BCUT2D eigenvalue weighted by atomic mass is 9.81. The predicted molar refractivity (Wildman–Crippen MR) is 86.2 cm³/mol. The van der Waals surface area contributed by atoms with Gasteiger partial charge in [-0.15, -0.1) is 12.4 Å². The molecule has 6 heteroatoms. The minimum atomic E-state index is 0. The predicted octanol–water partition coefficient (Wildman–Crippen LogP) is 2.22. The van der Waals surface area contributed by atoms with Crippen molar-refractivity contribution in [3.05, 3.63) is 23.8 Å². The number of nitrogens with one attached hydrogen (secondary N) is 1. The van der Waals surface area contributed by atoms with Gasteiger partial charge in [-0.05, 0) is 55.8 Å². The highest BCUT2D eigenvalue weighted by atomic mass is 35.5. The van der Waals surface area contributed by atoms with Gasteiger partial charge in [0.25, 0.3) is 0 Å². The Hall–Kier alpha value is -1.46. The molecule has 1 heterocycles. The molecule has 2 aliphatic rings. The summed E-state index contributed by atoms with van der Waals surface area (Å²) in [5.41, 5.74) is 6.71. The number of rotatable bonds is 4. The summed E-state index contributed by atoms with van der Waals surface area (Å²) in [5.74, 6) is 2.42. The maximum absolute atomic E-state index is 12.2. The maximum Gasteiger partial charge on any atom is 0.231 e. The number of ether oxygens (including phenoxy) is 2. The number of carbonyl (C=O) groups excluding carboxylic acids is 1. The molecule has 1 aliphatic heterocycles. The van der Waals surface area contributed by atoms with Gasteiger partial charge >= 0.3 is 0 Å². The molecular weight excluding hydrogens is 304 g/mol. The van der Waals surface area contributed by atoms with Crippen LogP contribution in [0.25, 0.3) is 0 Å². The summed E-state index contributed by atoms with van der Waals surface area (Å²) in [7, 11) is 0. The second-order valence-electron chi connectivity index (χ2n) is 5.86. The molecule has 3 N–H and O–H groups in total. The van der Waals surface area contributed by atoms with Crippen molar-refractivity contribution in [2.45, 2.75) is 32.2 Å². The van der Waals surface area contributed by atoms with Crippen molar-refractivity contribution in [3.8, 4) is 11.5 Å². The lowest BCUT2D eigenvalue weighted by Gasteiger charge is -2.26. The Morgan fingerprint density at radius 1 is 1.18 bits per heavy atom. The zero-order valence-electron chi connectivity index (χ0n) is 12.5. The highest BCUT2D eigenvalue weighted by Crippen LogP contribution is 2.32. The molecule has 1 saturated carbocycles. The summed E-state index contributed by atoms with van der Waals surface area (Å²) in [4.78, 5) is 12.2. The molecule has 5 nitrogen and oxygen atoms in total. The Kier molecular flexibility index (Phi) is 5.91. The average Bonchev–Trinajstić information content (AvgIpc) is 3.00. The van der Waals surface area contributed by atoms with Crippen LogP contribution in [0.4, 0.5) is 0 Å². The van der Waals surface area contributed by atoms with E-state index in [9.17, 15) is 4.79 Å². The van der Waals surface area contributed by atoms with Crippen molar-refractivity contribution in [1.29, 1.82) is 0 Å². The third-order valence-electron chi connectivity index (χ3n) is 4.45. The molecule has 22 heavy (non-hydrogen) atoms. The van der Waals surface area contributed by atoms with Gasteiger partial charge in [-0.1, -0.05) is 6.07 Å². The quantitative estimate of drug-likeness (QED) is 0.889. The fourth-order valence-electron chi connectivity index (χ4n) is 3.04. The van der Waals surface area contributed by atoms with Crippen LogP contribution < -0.4 is 20.5 Å². The minimum Gasteiger partial charge on any atom is -0.454 e. The number of hydrogen-bond acceptors (Lipinski definition) is 4. The van der Waals surface area contributed by atoms with Gasteiger partial charge in [0, 0.05) is 12.5 Å². The Morgan fingerprint density at radius 3 is 2.64 bits per heavy atom. The van der Waals surface area contributed by atoms with Crippen molar-refractivity contribution in [2.75, 3.05) is 13.3 Å². The Morgan fingerprint density at radius 2 is 1.91 bits per heavy atom. The Bertz CT molecular complexity index is 516. The molecule has 1 aromatic rings. The summed E-state index contributed by atoms with van der Waals surface area (Å²) < 4.78 is 10.6. The van der Waals surface area contributed by atoms with Gasteiger partial charge < -0.3 is 20.5 Å². The first-order chi connectivity index (χ1) is 10.3. The molecule has 0 bridgehead atoms. The molecule has 0 saturated heterocycles. The zero-order chi connectivity index (χ0) is 14.7. The van der Waals surface area contributed by atoms with E-state index in [0.29, 0.717) is 12.5 Å². The van der Waals surface area contributed by atoms with Crippen LogP contribution in [-0.4, -0.2) is 19.2 Å². The number of carbonyl (C=O) groups is 1. The standard InChI is InChI=1S/C16H22N2O3.ClH/c17-8-11-1-4-13(5-2-11)16(19)18-9-12-3-6-14-15(7-12)21-10-20-14;/h3,6-7,11,13H,1-2,4-5,8-10,17H2,(H,18,19);1H. The minimum absolute atomic E-state index is 0. The van der Waals surface area contributed by atoms with Crippen LogP contribution >= 0.6 is 12.4 Å². The largest absolute Gasteiger partial charge is 0.454 e. The van der Waals surface area contributed by atoms with Crippen molar-refractivity contribution in [1.82, 2.24) is 5.32 Å². The summed E-state index contributed by atoms with van der Waals surface area (Å²) >= 11 is 0. The summed E-state index contributed by atoms with van der Waals surface area (Å²) in [6.45, 7) is 1.55. The molecule has 1 aliphatic carbocycles. The van der Waals surface area contributed by atoms with Gasteiger partial charge in [0.2, 0.25) is 12.7 Å². The van der Waals surface area contributed by atoms with Gasteiger partial charge in [-0.3, -0.25) is 4.79 Å². The van der Waals surface area contributed by atoms with Crippen LogP contribution in [0.15, 0.2) is 18.2 Å². The third kappa shape index (κ3) is 3.84. The molecule has 1 aromatic carbocycles. The van der Waals surface area contributed by atoms with Gasteiger partial charge in [0.05, 0.1) is 0 Å². The van der Waals surface area contributed by atoms with E-state index in [1.54, 1.807) is 0 Å². The SMILES string of the molecule is Cl.NCC1CCC(C(=O)NCc2ccc3c(c2)OCO3)CC1. The lowest BCUT2D eigenvalue weighted by Crippen LogP contribution is -2.33. The molecule has 1 fully saturated rings. The van der Waals surface area contributed by atoms with E-state index >= 15 is 0 Å². The van der Waals surface area contributed by atoms with E-state index in [1.807, 2.05) is 18.2 Å². The first-order valence-electron chi connectivity index (χ1n) is 7.62. The second-order valence-corrected chi connectivity index (χ2v) is 5.86. The van der Waals surface area contributed by atoms with E-state index in [2.05, 4.69) is 5.32 Å². The maximum atomic E-state index is 12.2. The normalized spacial score (nSPS) is 22.8. The molecule has 1 amide bonds. The average molecular weight is 327 g/mol. The molecule has 0 spiro atoms. The van der Waals surface area contributed by atoms with E-state index in [-0.39, 0.29) is 31.0 Å². The van der Waals surface area contributed by atoms with Crippen LogP contribution in [0.1, 0.15) is 31.2 Å². The van der Waals surface area contributed by atoms with Crippen LogP contribution in [0, 0.1) is 11.8 Å². The van der Waals surface area contributed by atoms with E-state index in [0.717, 1.165) is 49.3 Å². The second kappa shape index (κ2) is 7.70. The molecule has 0 unspecified atom stereocenters. The van der Waals surface area contributed by atoms with E-state index in [1.165, 1.54) is 0 Å². The lowest BCUT2D eigenvalue weighted by molar-refractivity contribution is -0.126. The molecule has 122 valence electrons. The number of nitrogens with two attached hydrogens (primary N) is 1. The summed E-state index contributed by atoms with van der Waals surface area (Å²) in [5, 5.41) is 3.03. The number of amides is 1. The fourth-order valence-corrected chi connectivity index (χ4v) is 3.04. The number of hydrogen-bond donors (Lipinski definition) is 2. The highest BCUT2D eigenvalue weighted by molar-refractivity contribution is 5.85. The van der Waals surface area contributed by atoms with Crippen molar-refractivity contribution in [3.63, 3.8) is 0 Å². The Labute approximate surface area is 137 Å². The molecule has 0 radical (unpaired) electrons. The van der Waals surface area contributed by atoms with E-state index < -0.39 is 0 Å². The first kappa shape index (κ1) is 16.9. The zero-order valence-corrected chi connectivity index (χ0v) is 13.4. The van der Waals surface area contributed by atoms with Gasteiger partial charge in [0.1, 0.15) is 0 Å². The van der Waals surface area contributed by atoms with Gasteiger partial charge in [-0.2, -0.15) is 0 Å². The topological polar surface area (TPSA) is 73.6 Å². The summed E-state index contributed by atoms with van der Waals surface area (Å²) in [6, 6.07) is 5.77. The van der Waals surface area contributed by atoms with Crippen molar-refractivity contribution < 1.29 is 14.3 Å². The first-order valence-corrected chi connectivity index (χ1v) is 7.62. The van der Waals surface area contributed by atoms with Crippen LogP contribution in [0.3, 0.4) is 0 Å². The molecule has 0 atom stereocenters. The molecule has 0 aromatic heterocycles. The monoisotopic (exact) mass is 326 g/mol. The Balaban J connectivity index is 0.00000176. The smallest absolute Gasteiger partial charge is 0.231 e. The van der Waals surface area contributed by atoms with Crippen LogP contribution in [-0.2, 0) is 11.3 Å². The summed E-state index contributed by atoms with van der Waals surface area (Å²) in [6.07, 6.45) is 4.04. The molecular formula is C16H23ClN2O3. The number of fused-ring (bicyclic) bond motifs is 1. The number of halogens is 1. The van der Waals surface area contributed by atoms with Crippen LogP contribution in [0.2, 0.25) is 0 Å². The fraction of sp³-hybridized carbons (Fsp3) is 0.562. The van der Waals surface area contributed by atoms with Crippen molar-refractivity contribution >= 4 is 18.3 Å². The van der Waals surface area contributed by atoms with Gasteiger partial charge in [-0.25, -0.2) is 0 Å².